The Balaban J connectivity index is 3.02. The van der Waals surface area contributed by atoms with Crippen molar-refractivity contribution in [1.82, 2.24) is 9.62 Å². The molecule has 0 aromatic heterocycles. The zero-order valence-electron chi connectivity index (χ0n) is 12.9. The summed E-state index contributed by atoms with van der Waals surface area (Å²) in [6.45, 7) is 3.59. The Hall–Kier alpha value is -1.60. The number of hydrogen-bond donors (Lipinski definition) is 1. The minimum atomic E-state index is -3.72. The van der Waals surface area contributed by atoms with Crippen LogP contribution in [0.2, 0.25) is 0 Å². The average Bonchev–Trinajstić information content (AvgIpc) is 2.45. The molecule has 6 nitrogen and oxygen atoms in total. The Kier molecular flexibility index (Phi) is 6.17. The van der Waals surface area contributed by atoms with Gasteiger partial charge in [-0.2, -0.15) is 12.7 Å². The highest BCUT2D eigenvalue weighted by molar-refractivity contribution is 7.90. The molecule has 0 radical (unpaired) electrons. The van der Waals surface area contributed by atoms with Crippen molar-refractivity contribution in [2.24, 2.45) is 0 Å². The Morgan fingerprint density at radius 3 is 2.29 bits per heavy atom. The fourth-order valence-electron chi connectivity index (χ4n) is 1.65. The first-order valence-electron chi connectivity index (χ1n) is 6.83. The quantitative estimate of drug-likeness (QED) is 0.823. The molecule has 118 valence electrons. The molecular formula is C14H23N3O3S. The van der Waals surface area contributed by atoms with E-state index in [0.29, 0.717) is 5.69 Å². The molecule has 1 aromatic carbocycles. The van der Waals surface area contributed by atoms with Crippen LogP contribution in [0.25, 0.3) is 0 Å². The van der Waals surface area contributed by atoms with Gasteiger partial charge in [0.25, 0.3) is 0 Å². The third-order valence-electron chi connectivity index (χ3n) is 3.09. The highest BCUT2D eigenvalue weighted by Crippen LogP contribution is 2.18. The van der Waals surface area contributed by atoms with Crippen molar-refractivity contribution in [1.29, 1.82) is 0 Å². The molecule has 21 heavy (non-hydrogen) atoms. The molecule has 0 fully saturated rings. The normalized spacial score (nSPS) is 13.0. The Bertz CT molecular complexity index is 558. The molecular weight excluding hydrogens is 290 g/mol. The van der Waals surface area contributed by atoms with E-state index in [1.54, 1.807) is 30.3 Å². The van der Waals surface area contributed by atoms with Crippen LogP contribution in [0, 0.1) is 0 Å². The smallest absolute Gasteiger partial charge is 0.304 e. The Labute approximate surface area is 126 Å². The highest BCUT2D eigenvalue weighted by atomic mass is 32.2. The molecule has 1 unspecified atom stereocenters. The van der Waals surface area contributed by atoms with Crippen LogP contribution in [0.15, 0.2) is 30.3 Å². The van der Waals surface area contributed by atoms with E-state index in [0.717, 1.165) is 15.0 Å². The zero-order chi connectivity index (χ0) is 16.0. The van der Waals surface area contributed by atoms with Crippen molar-refractivity contribution >= 4 is 21.8 Å². The minimum absolute atomic E-state index is 0.0113. The monoisotopic (exact) mass is 313 g/mol. The average molecular weight is 313 g/mol. The minimum Gasteiger partial charge on any atom is -0.352 e. The van der Waals surface area contributed by atoms with E-state index in [4.69, 9.17) is 0 Å². The van der Waals surface area contributed by atoms with Crippen LogP contribution in [0.3, 0.4) is 0 Å². The van der Waals surface area contributed by atoms with Crippen molar-refractivity contribution in [2.75, 3.05) is 24.9 Å². The molecule has 1 rings (SSSR count). The summed E-state index contributed by atoms with van der Waals surface area (Å²) in [5.74, 6) is -0.321. The standard InChI is InChI=1S/C14H23N3O3S/c1-5-12(2)15-14(18)11-17(21(19,20)16(3)4)13-9-7-6-8-10-13/h6-10,12H,5,11H2,1-4H3,(H,15,18). The number of rotatable bonds is 7. The van der Waals surface area contributed by atoms with E-state index in [2.05, 4.69) is 5.32 Å². The number of nitrogens with zero attached hydrogens (tertiary/aromatic N) is 2. The number of hydrogen-bond acceptors (Lipinski definition) is 3. The summed E-state index contributed by atoms with van der Waals surface area (Å²) in [5, 5.41) is 2.78. The molecule has 0 saturated carbocycles. The Morgan fingerprint density at radius 2 is 1.81 bits per heavy atom. The summed E-state index contributed by atoms with van der Waals surface area (Å²) in [6.07, 6.45) is 0.789. The van der Waals surface area contributed by atoms with E-state index in [9.17, 15) is 13.2 Å². The van der Waals surface area contributed by atoms with Crippen molar-refractivity contribution in [2.45, 2.75) is 26.3 Å². The topological polar surface area (TPSA) is 69.7 Å². The van der Waals surface area contributed by atoms with Gasteiger partial charge >= 0.3 is 10.2 Å². The van der Waals surface area contributed by atoms with Gasteiger partial charge in [0.2, 0.25) is 5.91 Å². The van der Waals surface area contributed by atoms with Gasteiger partial charge < -0.3 is 5.32 Å². The number of carbonyl (C=O) groups excluding carboxylic acids is 1. The van der Waals surface area contributed by atoms with Gasteiger partial charge in [0.15, 0.2) is 0 Å². The largest absolute Gasteiger partial charge is 0.352 e. The van der Waals surface area contributed by atoms with Crippen molar-refractivity contribution in [3.63, 3.8) is 0 Å². The number of amides is 1. The maximum atomic E-state index is 12.4. The van der Waals surface area contributed by atoms with Crippen LogP contribution in [0.1, 0.15) is 20.3 Å². The second kappa shape index (κ2) is 7.42. The SMILES string of the molecule is CCC(C)NC(=O)CN(c1ccccc1)S(=O)(=O)N(C)C. The van der Waals surface area contributed by atoms with Crippen molar-refractivity contribution < 1.29 is 13.2 Å². The molecule has 7 heteroatoms. The number of carbonyl (C=O) groups is 1. The summed E-state index contributed by atoms with van der Waals surface area (Å²) in [7, 11) is -0.839. The number of anilines is 1. The van der Waals surface area contributed by atoms with E-state index in [1.807, 2.05) is 13.8 Å². The Morgan fingerprint density at radius 1 is 1.24 bits per heavy atom. The zero-order valence-corrected chi connectivity index (χ0v) is 13.7. The molecule has 0 aliphatic rings. The molecule has 0 spiro atoms. The van der Waals surface area contributed by atoms with E-state index in [1.165, 1.54) is 14.1 Å². The van der Waals surface area contributed by atoms with Gasteiger partial charge in [0, 0.05) is 20.1 Å². The first-order valence-corrected chi connectivity index (χ1v) is 8.23. The lowest BCUT2D eigenvalue weighted by Gasteiger charge is -2.27. The summed E-state index contributed by atoms with van der Waals surface area (Å²) in [5.41, 5.74) is 0.463. The second-order valence-corrected chi connectivity index (χ2v) is 7.08. The number of nitrogens with one attached hydrogen (secondary N) is 1. The third kappa shape index (κ3) is 4.71. The highest BCUT2D eigenvalue weighted by Gasteiger charge is 2.27. The lowest BCUT2D eigenvalue weighted by Crippen LogP contribution is -2.47. The fourth-order valence-corrected chi connectivity index (χ4v) is 2.71. The van der Waals surface area contributed by atoms with Crippen LogP contribution < -0.4 is 9.62 Å². The first-order chi connectivity index (χ1) is 9.78. The van der Waals surface area contributed by atoms with E-state index < -0.39 is 10.2 Å². The summed E-state index contributed by atoms with van der Waals surface area (Å²) < 4.78 is 27.0. The first kappa shape index (κ1) is 17.5. The van der Waals surface area contributed by atoms with Gasteiger partial charge in [-0.05, 0) is 25.5 Å². The maximum absolute atomic E-state index is 12.4. The maximum Gasteiger partial charge on any atom is 0.304 e. The van der Waals surface area contributed by atoms with Crippen LogP contribution in [-0.4, -0.2) is 45.3 Å². The molecule has 0 aliphatic carbocycles. The van der Waals surface area contributed by atoms with Gasteiger partial charge in [-0.3, -0.25) is 4.79 Å². The molecule has 1 amide bonds. The predicted octanol–water partition coefficient (Wildman–Crippen LogP) is 1.21. The van der Waals surface area contributed by atoms with Crippen LogP contribution in [0.5, 0.6) is 0 Å². The van der Waals surface area contributed by atoms with Gasteiger partial charge in [-0.15, -0.1) is 0 Å². The van der Waals surface area contributed by atoms with Gasteiger partial charge in [0.05, 0.1) is 5.69 Å². The molecule has 0 saturated heterocycles. The molecule has 0 heterocycles. The van der Waals surface area contributed by atoms with Crippen molar-refractivity contribution in [3.8, 4) is 0 Å². The fraction of sp³-hybridized carbons (Fsp3) is 0.500. The van der Waals surface area contributed by atoms with Crippen LogP contribution >= 0.6 is 0 Å². The lowest BCUT2D eigenvalue weighted by molar-refractivity contribution is -0.120. The predicted molar refractivity (Wildman–Crippen MR) is 84.3 cm³/mol. The van der Waals surface area contributed by atoms with Gasteiger partial charge in [-0.1, -0.05) is 25.1 Å². The van der Waals surface area contributed by atoms with E-state index in [-0.39, 0.29) is 18.5 Å². The molecule has 1 aromatic rings. The van der Waals surface area contributed by atoms with Gasteiger partial charge in [0.1, 0.15) is 6.54 Å². The second-order valence-electron chi connectivity index (χ2n) is 5.01. The number of benzene rings is 1. The summed E-state index contributed by atoms with van der Waals surface area (Å²) >= 11 is 0. The third-order valence-corrected chi connectivity index (χ3v) is 4.91. The van der Waals surface area contributed by atoms with Crippen LogP contribution in [-0.2, 0) is 15.0 Å². The lowest BCUT2D eigenvalue weighted by atomic mass is 10.2. The molecule has 0 bridgehead atoms. The molecule has 1 N–H and O–H groups in total. The summed E-state index contributed by atoms with van der Waals surface area (Å²) in [4.78, 5) is 12.0. The van der Waals surface area contributed by atoms with Crippen molar-refractivity contribution in [3.05, 3.63) is 30.3 Å². The van der Waals surface area contributed by atoms with Crippen LogP contribution in [0.4, 0.5) is 5.69 Å². The number of para-hydroxylation sites is 1. The molecule has 1 atom stereocenters. The summed E-state index contributed by atoms with van der Waals surface area (Å²) in [6, 6.07) is 8.61. The molecule has 0 aliphatic heterocycles. The van der Waals surface area contributed by atoms with Gasteiger partial charge in [-0.25, -0.2) is 4.31 Å². The van der Waals surface area contributed by atoms with E-state index >= 15 is 0 Å².